The number of hydrogen-bond acceptors (Lipinski definition) is 5. The summed E-state index contributed by atoms with van der Waals surface area (Å²) in [7, 11) is 0. The first-order chi connectivity index (χ1) is 13.1. The number of hydrogen-bond donors (Lipinski definition) is 1. The van der Waals surface area contributed by atoms with E-state index in [-0.39, 0.29) is 11.8 Å². The van der Waals surface area contributed by atoms with Crippen LogP contribution in [-0.2, 0) is 0 Å². The molecule has 0 aliphatic carbocycles. The van der Waals surface area contributed by atoms with E-state index in [0.29, 0.717) is 10.8 Å². The van der Waals surface area contributed by atoms with Crippen molar-refractivity contribution < 1.29 is 5.11 Å². The van der Waals surface area contributed by atoms with E-state index in [1.165, 1.54) is 6.42 Å². The number of aromatic nitrogens is 4. The van der Waals surface area contributed by atoms with Crippen molar-refractivity contribution in [2.45, 2.75) is 32.2 Å². The summed E-state index contributed by atoms with van der Waals surface area (Å²) in [5.74, 6) is 0.939. The van der Waals surface area contributed by atoms with E-state index in [9.17, 15) is 5.11 Å². The Morgan fingerprint density at radius 3 is 2.63 bits per heavy atom. The lowest BCUT2D eigenvalue weighted by molar-refractivity contribution is 0.177. The second-order valence-electron chi connectivity index (χ2n) is 6.94. The van der Waals surface area contributed by atoms with E-state index in [2.05, 4.69) is 20.4 Å². The van der Waals surface area contributed by atoms with E-state index in [1.54, 1.807) is 10.7 Å². The highest BCUT2D eigenvalue weighted by atomic mass is 35.5. The van der Waals surface area contributed by atoms with Gasteiger partial charge in [-0.25, -0.2) is 0 Å². The summed E-state index contributed by atoms with van der Waals surface area (Å²) in [4.78, 5) is 2.35. The quantitative estimate of drug-likeness (QED) is 0.739. The average Bonchev–Trinajstić information content (AvgIpc) is 3.15. The lowest BCUT2D eigenvalue weighted by Gasteiger charge is -2.34. The van der Waals surface area contributed by atoms with Crippen LogP contribution in [0, 0.1) is 6.92 Å². The minimum atomic E-state index is -0.222. The molecule has 1 aliphatic heterocycles. The predicted molar refractivity (Wildman–Crippen MR) is 104 cm³/mol. The fraction of sp³-hybridized carbons (Fsp3) is 0.350. The Morgan fingerprint density at radius 2 is 1.85 bits per heavy atom. The Balaban J connectivity index is 1.86. The van der Waals surface area contributed by atoms with Gasteiger partial charge in [0.05, 0.1) is 5.69 Å². The van der Waals surface area contributed by atoms with Crippen LogP contribution in [0.2, 0.25) is 5.02 Å². The van der Waals surface area contributed by atoms with Crippen LogP contribution in [0.25, 0.3) is 5.69 Å². The number of piperidine rings is 1. The van der Waals surface area contributed by atoms with Gasteiger partial charge in [0, 0.05) is 10.6 Å². The third kappa shape index (κ3) is 3.55. The second-order valence-corrected chi connectivity index (χ2v) is 7.37. The van der Waals surface area contributed by atoms with Crippen LogP contribution in [0.1, 0.15) is 42.3 Å². The summed E-state index contributed by atoms with van der Waals surface area (Å²) in [6.45, 7) is 3.90. The number of benzene rings is 2. The lowest BCUT2D eigenvalue weighted by Crippen LogP contribution is -2.36. The molecule has 6 nitrogen and oxygen atoms in total. The number of likely N-dealkylation sites (tertiary alicyclic amines) is 1. The first kappa shape index (κ1) is 17.9. The molecular weight excluding hydrogens is 362 g/mol. The van der Waals surface area contributed by atoms with E-state index in [0.717, 1.165) is 42.7 Å². The lowest BCUT2D eigenvalue weighted by atomic mass is 10.00. The number of tetrazole rings is 1. The minimum absolute atomic E-state index is 0.222. The standard InChI is InChI=1S/C20H22ClN5O/c1-14-9-10-15(21)13-17(14)26-20(22-23-24-26)19(25-11-5-2-6-12-25)16-7-3-4-8-18(16)27/h3-4,7-10,13,19,27H,2,5-6,11-12H2,1H3. The highest BCUT2D eigenvalue weighted by Crippen LogP contribution is 2.35. The molecule has 3 aromatic rings. The first-order valence-corrected chi connectivity index (χ1v) is 9.59. The average molecular weight is 384 g/mol. The van der Waals surface area contributed by atoms with E-state index in [1.807, 2.05) is 43.3 Å². The summed E-state index contributed by atoms with van der Waals surface area (Å²) in [5, 5.41) is 23.7. The van der Waals surface area contributed by atoms with Gasteiger partial charge in [0.15, 0.2) is 5.82 Å². The van der Waals surface area contributed by atoms with E-state index in [4.69, 9.17) is 11.6 Å². The Kier molecular flexibility index (Phi) is 5.09. The Hall–Kier alpha value is -2.44. The van der Waals surface area contributed by atoms with Crippen LogP contribution in [0.3, 0.4) is 0 Å². The number of aryl methyl sites for hydroxylation is 1. The van der Waals surface area contributed by atoms with Crippen molar-refractivity contribution in [1.82, 2.24) is 25.1 Å². The number of halogens is 1. The van der Waals surface area contributed by atoms with Crippen LogP contribution in [-0.4, -0.2) is 43.3 Å². The normalized spacial score (nSPS) is 16.4. The Labute approximate surface area is 163 Å². The molecular formula is C20H22ClN5O. The van der Waals surface area contributed by atoms with Crippen molar-refractivity contribution in [3.63, 3.8) is 0 Å². The van der Waals surface area contributed by atoms with Gasteiger partial charge in [-0.05, 0) is 67.0 Å². The first-order valence-electron chi connectivity index (χ1n) is 9.22. The molecule has 0 radical (unpaired) electrons. The van der Waals surface area contributed by atoms with Crippen LogP contribution in [0.15, 0.2) is 42.5 Å². The van der Waals surface area contributed by atoms with Gasteiger partial charge >= 0.3 is 0 Å². The number of phenols is 1. The van der Waals surface area contributed by atoms with Gasteiger partial charge in [0.2, 0.25) is 0 Å². The Bertz CT molecular complexity index is 936. The molecule has 7 heteroatoms. The molecule has 140 valence electrons. The van der Waals surface area contributed by atoms with Gasteiger partial charge in [-0.2, -0.15) is 4.68 Å². The zero-order valence-electron chi connectivity index (χ0n) is 15.2. The van der Waals surface area contributed by atoms with Crippen molar-refractivity contribution in [1.29, 1.82) is 0 Å². The number of nitrogens with zero attached hydrogens (tertiary/aromatic N) is 5. The van der Waals surface area contributed by atoms with Crippen LogP contribution >= 0.6 is 11.6 Å². The third-order valence-electron chi connectivity index (χ3n) is 5.12. The van der Waals surface area contributed by atoms with Gasteiger partial charge in [-0.1, -0.05) is 42.3 Å². The van der Waals surface area contributed by atoms with E-state index < -0.39 is 0 Å². The van der Waals surface area contributed by atoms with Gasteiger partial charge in [0.25, 0.3) is 0 Å². The molecule has 1 fully saturated rings. The molecule has 1 atom stereocenters. The minimum Gasteiger partial charge on any atom is -0.508 e. The number of phenolic OH excluding ortho intramolecular Hbond substituents is 1. The van der Waals surface area contributed by atoms with Gasteiger partial charge in [-0.3, -0.25) is 4.90 Å². The maximum atomic E-state index is 10.5. The summed E-state index contributed by atoms with van der Waals surface area (Å²) in [5.41, 5.74) is 2.69. The molecule has 27 heavy (non-hydrogen) atoms. The zero-order valence-corrected chi connectivity index (χ0v) is 16.0. The highest BCUT2D eigenvalue weighted by Gasteiger charge is 2.31. The maximum absolute atomic E-state index is 10.5. The van der Waals surface area contributed by atoms with Crippen molar-refractivity contribution in [2.24, 2.45) is 0 Å². The molecule has 4 rings (SSSR count). The molecule has 1 N–H and O–H groups in total. The topological polar surface area (TPSA) is 67.1 Å². The van der Waals surface area contributed by atoms with Crippen molar-refractivity contribution in [2.75, 3.05) is 13.1 Å². The molecule has 1 unspecified atom stereocenters. The van der Waals surface area contributed by atoms with Crippen molar-refractivity contribution in [3.05, 3.63) is 64.4 Å². The highest BCUT2D eigenvalue weighted by molar-refractivity contribution is 6.30. The molecule has 0 spiro atoms. The number of para-hydroxylation sites is 1. The van der Waals surface area contributed by atoms with Crippen LogP contribution < -0.4 is 0 Å². The monoisotopic (exact) mass is 383 g/mol. The number of aromatic hydroxyl groups is 1. The second kappa shape index (κ2) is 7.66. The molecule has 0 amide bonds. The summed E-state index contributed by atoms with van der Waals surface area (Å²) in [6.07, 6.45) is 3.48. The smallest absolute Gasteiger partial charge is 0.178 e. The fourth-order valence-corrected chi connectivity index (χ4v) is 3.91. The van der Waals surface area contributed by atoms with Crippen LogP contribution in [0.4, 0.5) is 0 Å². The molecule has 2 heterocycles. The fourth-order valence-electron chi connectivity index (χ4n) is 3.74. The SMILES string of the molecule is Cc1ccc(Cl)cc1-n1nnnc1C(c1ccccc1O)N1CCCCC1. The summed E-state index contributed by atoms with van der Waals surface area (Å²) < 4.78 is 1.74. The molecule has 0 bridgehead atoms. The van der Waals surface area contributed by atoms with Crippen molar-refractivity contribution >= 4 is 11.6 Å². The van der Waals surface area contributed by atoms with E-state index >= 15 is 0 Å². The summed E-state index contributed by atoms with van der Waals surface area (Å²) in [6, 6.07) is 12.9. The predicted octanol–water partition coefficient (Wildman–Crippen LogP) is 3.91. The van der Waals surface area contributed by atoms with Crippen LogP contribution in [0.5, 0.6) is 5.75 Å². The third-order valence-corrected chi connectivity index (χ3v) is 5.36. The van der Waals surface area contributed by atoms with Gasteiger partial charge in [0.1, 0.15) is 11.8 Å². The Morgan fingerprint density at radius 1 is 1.07 bits per heavy atom. The molecule has 1 aliphatic rings. The summed E-state index contributed by atoms with van der Waals surface area (Å²) >= 11 is 6.22. The zero-order chi connectivity index (χ0) is 18.8. The largest absolute Gasteiger partial charge is 0.508 e. The van der Waals surface area contributed by atoms with Crippen molar-refractivity contribution in [3.8, 4) is 11.4 Å². The van der Waals surface area contributed by atoms with Gasteiger partial charge < -0.3 is 5.11 Å². The maximum Gasteiger partial charge on any atom is 0.178 e. The van der Waals surface area contributed by atoms with Gasteiger partial charge in [-0.15, -0.1) is 5.10 Å². The molecule has 1 aromatic heterocycles. The molecule has 0 saturated carbocycles. The molecule has 1 saturated heterocycles. The molecule has 2 aromatic carbocycles. The number of rotatable bonds is 4.